The van der Waals surface area contributed by atoms with Gasteiger partial charge in [-0.15, -0.1) is 0 Å². The van der Waals surface area contributed by atoms with Crippen molar-refractivity contribution in [1.82, 2.24) is 14.5 Å². The first-order valence-electron chi connectivity index (χ1n) is 11.0. The van der Waals surface area contributed by atoms with Crippen LogP contribution < -0.4 is 5.56 Å². The molecule has 4 rings (SSSR count). The molecule has 2 fully saturated rings. The molecule has 1 aliphatic carbocycles. The van der Waals surface area contributed by atoms with Crippen molar-refractivity contribution in [1.29, 1.82) is 0 Å². The van der Waals surface area contributed by atoms with Gasteiger partial charge in [-0.1, -0.05) is 38.8 Å². The Balaban J connectivity index is 1.62. The molecule has 2 heterocycles. The van der Waals surface area contributed by atoms with Crippen molar-refractivity contribution in [2.45, 2.75) is 58.6 Å². The highest BCUT2D eigenvalue weighted by molar-refractivity contribution is 5.76. The van der Waals surface area contributed by atoms with Gasteiger partial charge in [-0.05, 0) is 31.4 Å². The first-order chi connectivity index (χ1) is 14.6. The molecule has 1 N–H and O–H groups in total. The van der Waals surface area contributed by atoms with E-state index in [9.17, 15) is 19.1 Å². The van der Waals surface area contributed by atoms with Crippen molar-refractivity contribution in [3.8, 4) is 11.3 Å². The Morgan fingerprint density at radius 2 is 2.00 bits per heavy atom. The fraction of sp³-hybridized carbons (Fsp3) is 0.542. The molecule has 2 aromatic rings. The fourth-order valence-electron chi connectivity index (χ4n) is 4.69. The molecule has 0 bridgehead atoms. The summed E-state index contributed by atoms with van der Waals surface area (Å²) in [5.74, 6) is 0.663. The largest absolute Gasteiger partial charge is 0.370 e. The second kappa shape index (κ2) is 7.86. The third kappa shape index (κ3) is 4.03. The number of halogens is 1. The lowest BCUT2D eigenvalue weighted by Crippen LogP contribution is -2.62. The standard InChI is InChI=1S/C24H30FN3O3/c1-16-26-20(18-6-4-5-7-19(18)25)14-22(30)28(16)24(31)12-13-27(15-23(24,2)3)21(29)11-10-17-8-9-17/h4-7,14,17,31H,8-13,15H2,1-3H3. The maximum atomic E-state index is 14.2. The minimum Gasteiger partial charge on any atom is -0.370 e. The van der Waals surface area contributed by atoms with Gasteiger partial charge in [-0.25, -0.2) is 9.37 Å². The summed E-state index contributed by atoms with van der Waals surface area (Å²) >= 11 is 0. The van der Waals surface area contributed by atoms with Crippen molar-refractivity contribution in [3.05, 3.63) is 52.3 Å². The third-order valence-electron chi connectivity index (χ3n) is 6.82. The summed E-state index contributed by atoms with van der Waals surface area (Å²) in [6, 6.07) is 7.44. The predicted octanol–water partition coefficient (Wildman–Crippen LogP) is 3.45. The number of carbonyl (C=O) groups excluding carboxylic acids is 1. The molecule has 1 aromatic heterocycles. The van der Waals surface area contributed by atoms with Crippen LogP contribution in [0.2, 0.25) is 0 Å². The maximum absolute atomic E-state index is 14.2. The Hall–Kier alpha value is -2.54. The van der Waals surface area contributed by atoms with Crippen LogP contribution in [0.1, 0.15) is 51.8 Å². The van der Waals surface area contributed by atoms with Gasteiger partial charge in [0.1, 0.15) is 11.6 Å². The van der Waals surface area contributed by atoms with Gasteiger partial charge in [-0.2, -0.15) is 0 Å². The van der Waals surface area contributed by atoms with E-state index < -0.39 is 22.5 Å². The van der Waals surface area contributed by atoms with Gasteiger partial charge in [0, 0.05) is 43.0 Å². The molecular weight excluding hydrogens is 397 g/mol. The van der Waals surface area contributed by atoms with Crippen molar-refractivity contribution >= 4 is 5.91 Å². The molecule has 31 heavy (non-hydrogen) atoms. The second-order valence-corrected chi connectivity index (χ2v) is 9.59. The molecule has 0 spiro atoms. The zero-order valence-corrected chi connectivity index (χ0v) is 18.4. The van der Waals surface area contributed by atoms with Crippen molar-refractivity contribution < 1.29 is 14.3 Å². The van der Waals surface area contributed by atoms with E-state index >= 15 is 0 Å². The molecule has 2 aliphatic rings. The Labute approximate surface area is 181 Å². The molecular formula is C24H30FN3O3. The quantitative estimate of drug-likeness (QED) is 0.793. The first kappa shape index (κ1) is 21.7. The van der Waals surface area contributed by atoms with Crippen LogP contribution in [0.3, 0.4) is 0 Å². The molecule has 6 nitrogen and oxygen atoms in total. The maximum Gasteiger partial charge on any atom is 0.256 e. The number of hydrogen-bond donors (Lipinski definition) is 1. The zero-order chi connectivity index (χ0) is 22.4. The average molecular weight is 428 g/mol. The highest BCUT2D eigenvalue weighted by Gasteiger charge is 2.51. The monoisotopic (exact) mass is 427 g/mol. The van der Waals surface area contributed by atoms with E-state index in [0.29, 0.717) is 31.3 Å². The van der Waals surface area contributed by atoms with Crippen molar-refractivity contribution in [2.24, 2.45) is 11.3 Å². The first-order valence-corrected chi connectivity index (χ1v) is 11.0. The lowest BCUT2D eigenvalue weighted by Gasteiger charge is -2.51. The molecule has 1 aromatic carbocycles. The van der Waals surface area contributed by atoms with Gasteiger partial charge in [0.25, 0.3) is 5.56 Å². The van der Waals surface area contributed by atoms with Crippen LogP contribution in [0.15, 0.2) is 35.1 Å². The molecule has 1 atom stereocenters. The smallest absolute Gasteiger partial charge is 0.256 e. The predicted molar refractivity (Wildman–Crippen MR) is 116 cm³/mol. The van der Waals surface area contributed by atoms with Gasteiger partial charge in [-0.3, -0.25) is 14.2 Å². The number of rotatable bonds is 5. The highest BCUT2D eigenvalue weighted by Crippen LogP contribution is 2.43. The van der Waals surface area contributed by atoms with E-state index in [4.69, 9.17) is 0 Å². The van der Waals surface area contributed by atoms with Crippen molar-refractivity contribution in [3.63, 3.8) is 0 Å². The van der Waals surface area contributed by atoms with E-state index in [1.807, 2.05) is 13.8 Å². The highest BCUT2D eigenvalue weighted by atomic mass is 19.1. The van der Waals surface area contributed by atoms with Gasteiger partial charge in [0.15, 0.2) is 5.72 Å². The zero-order valence-electron chi connectivity index (χ0n) is 18.4. The molecule has 1 unspecified atom stereocenters. The van der Waals surface area contributed by atoms with Gasteiger partial charge < -0.3 is 10.0 Å². The van der Waals surface area contributed by atoms with Gasteiger partial charge in [0.05, 0.1) is 5.69 Å². The lowest BCUT2D eigenvalue weighted by atomic mass is 9.75. The molecule has 7 heteroatoms. The minimum absolute atomic E-state index is 0.110. The number of nitrogens with zero attached hydrogens (tertiary/aromatic N) is 3. The minimum atomic E-state index is -1.50. The number of carbonyl (C=O) groups is 1. The topological polar surface area (TPSA) is 75.4 Å². The van der Waals surface area contributed by atoms with E-state index in [1.54, 1.807) is 30.0 Å². The van der Waals surface area contributed by atoms with Gasteiger partial charge in [0.2, 0.25) is 5.91 Å². The number of aliphatic hydroxyl groups is 1. The SMILES string of the molecule is Cc1nc(-c2ccccc2F)cc(=O)n1C1(O)CCN(C(=O)CCC2CC2)CC1(C)C. The van der Waals surface area contributed by atoms with Crippen LogP contribution in [0.5, 0.6) is 0 Å². The van der Waals surface area contributed by atoms with Crippen LogP contribution in [-0.2, 0) is 10.5 Å². The summed E-state index contributed by atoms with van der Waals surface area (Å²) in [4.78, 5) is 32.0. The summed E-state index contributed by atoms with van der Waals surface area (Å²) in [5, 5.41) is 11.7. The Kier molecular flexibility index (Phi) is 5.50. The Morgan fingerprint density at radius 3 is 2.61 bits per heavy atom. The molecule has 1 saturated carbocycles. The molecule has 1 aliphatic heterocycles. The fourth-order valence-corrected chi connectivity index (χ4v) is 4.69. The van der Waals surface area contributed by atoms with Crippen LogP contribution in [0.25, 0.3) is 11.3 Å². The number of benzene rings is 1. The van der Waals surface area contributed by atoms with Crippen LogP contribution in [0.4, 0.5) is 4.39 Å². The number of piperidine rings is 1. The molecule has 0 radical (unpaired) electrons. The summed E-state index contributed by atoms with van der Waals surface area (Å²) in [7, 11) is 0. The number of hydrogen-bond acceptors (Lipinski definition) is 4. The summed E-state index contributed by atoms with van der Waals surface area (Å²) in [6.45, 7) is 6.11. The van der Waals surface area contributed by atoms with E-state index in [-0.39, 0.29) is 23.6 Å². The van der Waals surface area contributed by atoms with E-state index in [2.05, 4.69) is 4.98 Å². The Bertz CT molecular complexity index is 1060. The van der Waals surface area contributed by atoms with Crippen LogP contribution in [-0.4, -0.2) is 38.6 Å². The normalized spacial score (nSPS) is 23.1. The third-order valence-corrected chi connectivity index (χ3v) is 6.82. The van der Waals surface area contributed by atoms with Crippen LogP contribution >= 0.6 is 0 Å². The summed E-state index contributed by atoms with van der Waals surface area (Å²) in [5.41, 5.74) is -2.21. The lowest BCUT2D eigenvalue weighted by molar-refractivity contribution is -0.185. The number of aromatic nitrogens is 2. The molecule has 1 amide bonds. The number of aryl methyl sites for hydroxylation is 1. The van der Waals surface area contributed by atoms with E-state index in [0.717, 1.165) is 6.42 Å². The number of amides is 1. The number of likely N-dealkylation sites (tertiary alicyclic amines) is 1. The van der Waals surface area contributed by atoms with Crippen molar-refractivity contribution in [2.75, 3.05) is 13.1 Å². The van der Waals surface area contributed by atoms with Crippen LogP contribution in [0, 0.1) is 24.1 Å². The molecule has 166 valence electrons. The second-order valence-electron chi connectivity index (χ2n) is 9.59. The van der Waals surface area contributed by atoms with Gasteiger partial charge >= 0.3 is 0 Å². The summed E-state index contributed by atoms with van der Waals surface area (Å²) in [6.07, 6.45) is 4.14. The summed E-state index contributed by atoms with van der Waals surface area (Å²) < 4.78 is 15.5. The average Bonchev–Trinajstić information content (AvgIpc) is 3.52. The van der Waals surface area contributed by atoms with E-state index in [1.165, 1.54) is 29.5 Å². The molecule has 1 saturated heterocycles. The Morgan fingerprint density at radius 1 is 1.29 bits per heavy atom.